The Kier molecular flexibility index (Phi) is 8.70. The Morgan fingerprint density at radius 1 is 1.03 bits per heavy atom. The Hall–Kier alpha value is -3.69. The third kappa shape index (κ3) is 6.93. The second-order valence-corrected chi connectivity index (χ2v) is 8.86. The van der Waals surface area contributed by atoms with Gasteiger partial charge in [-0.25, -0.2) is 4.79 Å². The highest BCUT2D eigenvalue weighted by Crippen LogP contribution is 2.22. The number of hydrogen-bond acceptors (Lipinski definition) is 6. The van der Waals surface area contributed by atoms with Crippen molar-refractivity contribution in [2.45, 2.75) is 13.2 Å². The molecule has 10 heteroatoms. The molecule has 9 nitrogen and oxygen atoms in total. The quantitative estimate of drug-likeness (QED) is 0.560. The number of benzene rings is 2. The van der Waals surface area contributed by atoms with Gasteiger partial charge in [0.05, 0.1) is 17.1 Å². The summed E-state index contributed by atoms with van der Waals surface area (Å²) in [7, 11) is 0. The molecule has 2 aliphatic rings. The Balaban J connectivity index is 0.000000170. The van der Waals surface area contributed by atoms with E-state index in [-0.39, 0.29) is 25.0 Å². The standard InChI is InChI=1S/C14H14ClN3O.C12H14N2O3/c15-12-3-4-17-13-7-10(1-2-11(12)13)9-18-6-5-16-8-14(18)19;15-11-8-14(7-6-13-11)12(16)17-9-10-4-2-1-3-5-10/h1-4,7,16H,5-6,8-9H2;1-5H,6-9H2,(H,13,15). The van der Waals surface area contributed by atoms with Crippen LogP contribution < -0.4 is 10.6 Å². The number of carbonyl (C=O) groups is 3. The molecule has 0 radical (unpaired) electrons. The molecule has 2 N–H and O–H groups in total. The number of pyridine rings is 1. The molecule has 2 saturated heterocycles. The van der Waals surface area contributed by atoms with Gasteiger partial charge in [-0.05, 0) is 23.3 Å². The van der Waals surface area contributed by atoms with Gasteiger partial charge in [-0.3, -0.25) is 19.5 Å². The fourth-order valence-corrected chi connectivity index (χ4v) is 4.11. The zero-order valence-electron chi connectivity index (χ0n) is 19.8. The van der Waals surface area contributed by atoms with E-state index in [1.165, 1.54) is 4.90 Å². The highest BCUT2D eigenvalue weighted by molar-refractivity contribution is 6.35. The summed E-state index contributed by atoms with van der Waals surface area (Å²) in [4.78, 5) is 42.1. The third-order valence-electron chi connectivity index (χ3n) is 5.82. The first-order valence-electron chi connectivity index (χ1n) is 11.7. The van der Waals surface area contributed by atoms with Crippen LogP contribution >= 0.6 is 11.6 Å². The van der Waals surface area contributed by atoms with Crippen LogP contribution in [0.2, 0.25) is 5.02 Å². The second kappa shape index (κ2) is 12.3. The minimum Gasteiger partial charge on any atom is -0.445 e. The van der Waals surface area contributed by atoms with E-state index in [1.54, 1.807) is 12.3 Å². The number of halogens is 1. The van der Waals surface area contributed by atoms with Crippen LogP contribution in [0.25, 0.3) is 10.9 Å². The summed E-state index contributed by atoms with van der Waals surface area (Å²) in [6.45, 7) is 3.95. The molecule has 0 spiro atoms. The summed E-state index contributed by atoms with van der Waals surface area (Å²) in [6.07, 6.45) is 1.26. The lowest BCUT2D eigenvalue weighted by Gasteiger charge is -2.27. The van der Waals surface area contributed by atoms with Gasteiger partial charge >= 0.3 is 6.09 Å². The van der Waals surface area contributed by atoms with E-state index in [0.29, 0.717) is 31.2 Å². The molecule has 2 aliphatic heterocycles. The van der Waals surface area contributed by atoms with Crippen molar-refractivity contribution in [3.05, 3.63) is 76.9 Å². The van der Waals surface area contributed by atoms with Crippen LogP contribution in [0.15, 0.2) is 60.8 Å². The maximum Gasteiger partial charge on any atom is 0.410 e. The van der Waals surface area contributed by atoms with Gasteiger partial charge in [-0.15, -0.1) is 0 Å². The molecular formula is C26H28ClN5O4. The molecule has 36 heavy (non-hydrogen) atoms. The Morgan fingerprint density at radius 3 is 2.64 bits per heavy atom. The van der Waals surface area contributed by atoms with Gasteiger partial charge in [0.1, 0.15) is 13.2 Å². The average molecular weight is 510 g/mol. The molecule has 2 fully saturated rings. The van der Waals surface area contributed by atoms with Crippen LogP contribution in [0.5, 0.6) is 0 Å². The number of aromatic nitrogens is 1. The van der Waals surface area contributed by atoms with E-state index < -0.39 is 6.09 Å². The van der Waals surface area contributed by atoms with E-state index in [1.807, 2.05) is 53.4 Å². The smallest absolute Gasteiger partial charge is 0.410 e. The van der Waals surface area contributed by atoms with E-state index in [9.17, 15) is 14.4 Å². The molecule has 3 amide bonds. The maximum absolute atomic E-state index is 11.7. The molecule has 0 unspecified atom stereocenters. The van der Waals surface area contributed by atoms with Crippen molar-refractivity contribution in [1.29, 1.82) is 0 Å². The van der Waals surface area contributed by atoms with Crippen LogP contribution in [0.3, 0.4) is 0 Å². The zero-order valence-corrected chi connectivity index (χ0v) is 20.5. The van der Waals surface area contributed by atoms with Gasteiger partial charge in [0.2, 0.25) is 11.8 Å². The molecule has 2 aromatic carbocycles. The topological polar surface area (TPSA) is 104 Å². The minimum absolute atomic E-state index is 0.0770. The summed E-state index contributed by atoms with van der Waals surface area (Å²) in [5, 5.41) is 7.37. The van der Waals surface area contributed by atoms with Crippen LogP contribution in [0, 0.1) is 0 Å². The summed E-state index contributed by atoms with van der Waals surface area (Å²) in [5.41, 5.74) is 2.88. The Labute approximate surface area is 214 Å². The normalized spacial score (nSPS) is 15.7. The maximum atomic E-state index is 11.7. The van der Waals surface area contributed by atoms with Crippen molar-refractivity contribution in [2.24, 2.45) is 0 Å². The van der Waals surface area contributed by atoms with Crippen LogP contribution in [-0.2, 0) is 27.5 Å². The number of nitrogens with zero attached hydrogens (tertiary/aromatic N) is 3. The lowest BCUT2D eigenvalue weighted by atomic mass is 10.1. The predicted molar refractivity (Wildman–Crippen MR) is 136 cm³/mol. The van der Waals surface area contributed by atoms with E-state index in [2.05, 4.69) is 15.6 Å². The highest BCUT2D eigenvalue weighted by Gasteiger charge is 2.22. The number of nitrogens with one attached hydrogen (secondary N) is 2. The number of ether oxygens (including phenoxy) is 1. The molecule has 0 aliphatic carbocycles. The van der Waals surface area contributed by atoms with E-state index >= 15 is 0 Å². The first-order valence-corrected chi connectivity index (χ1v) is 12.1. The Morgan fingerprint density at radius 2 is 1.86 bits per heavy atom. The molecule has 0 bridgehead atoms. The fraction of sp³-hybridized carbons (Fsp3) is 0.308. The van der Waals surface area contributed by atoms with Gasteiger partial charge in [0.15, 0.2) is 0 Å². The number of hydrogen-bond donors (Lipinski definition) is 2. The van der Waals surface area contributed by atoms with Gasteiger partial charge in [0.25, 0.3) is 0 Å². The summed E-state index contributed by atoms with van der Waals surface area (Å²) in [5.74, 6) is -0.00156. The molecule has 0 atom stereocenters. The average Bonchev–Trinajstić information content (AvgIpc) is 2.90. The third-order valence-corrected chi connectivity index (χ3v) is 6.15. The number of rotatable bonds is 4. The van der Waals surface area contributed by atoms with Crippen LogP contribution in [0.1, 0.15) is 11.1 Å². The summed E-state index contributed by atoms with van der Waals surface area (Å²) >= 11 is 6.11. The molecule has 0 saturated carbocycles. The molecule has 1 aromatic heterocycles. The monoisotopic (exact) mass is 509 g/mol. The number of amides is 3. The number of piperazine rings is 2. The van der Waals surface area contributed by atoms with Gasteiger partial charge in [-0.1, -0.05) is 54.1 Å². The first-order chi connectivity index (χ1) is 17.5. The molecular weight excluding hydrogens is 482 g/mol. The van der Waals surface area contributed by atoms with Crippen molar-refractivity contribution < 1.29 is 19.1 Å². The van der Waals surface area contributed by atoms with E-state index in [4.69, 9.17) is 16.3 Å². The molecule has 3 heterocycles. The van der Waals surface area contributed by atoms with Gasteiger partial charge in [-0.2, -0.15) is 0 Å². The molecule has 3 aromatic rings. The van der Waals surface area contributed by atoms with Crippen molar-refractivity contribution in [1.82, 2.24) is 25.4 Å². The van der Waals surface area contributed by atoms with Crippen LogP contribution in [0.4, 0.5) is 4.79 Å². The van der Waals surface area contributed by atoms with Crippen LogP contribution in [-0.4, -0.2) is 72.0 Å². The molecule has 188 valence electrons. The lowest BCUT2D eigenvalue weighted by Crippen LogP contribution is -2.50. The first kappa shape index (κ1) is 25.4. The largest absolute Gasteiger partial charge is 0.445 e. The van der Waals surface area contributed by atoms with Crippen molar-refractivity contribution in [3.63, 3.8) is 0 Å². The van der Waals surface area contributed by atoms with Crippen molar-refractivity contribution in [2.75, 3.05) is 39.3 Å². The fourth-order valence-electron chi connectivity index (χ4n) is 3.90. The molecule has 5 rings (SSSR count). The van der Waals surface area contributed by atoms with Crippen molar-refractivity contribution >= 4 is 40.4 Å². The summed E-state index contributed by atoms with van der Waals surface area (Å²) < 4.78 is 5.12. The van der Waals surface area contributed by atoms with E-state index in [0.717, 1.165) is 35.1 Å². The number of carbonyl (C=O) groups excluding carboxylic acids is 3. The lowest BCUT2D eigenvalue weighted by molar-refractivity contribution is -0.132. The zero-order chi connectivity index (χ0) is 25.3. The van der Waals surface area contributed by atoms with Gasteiger partial charge in [0, 0.05) is 44.3 Å². The number of fused-ring (bicyclic) bond motifs is 1. The van der Waals surface area contributed by atoms with Gasteiger partial charge < -0.3 is 20.3 Å². The highest BCUT2D eigenvalue weighted by atomic mass is 35.5. The van der Waals surface area contributed by atoms with Crippen molar-refractivity contribution in [3.8, 4) is 0 Å². The minimum atomic E-state index is -0.441. The summed E-state index contributed by atoms with van der Waals surface area (Å²) in [6, 6.07) is 17.2. The second-order valence-electron chi connectivity index (χ2n) is 8.45. The Bertz CT molecular complexity index is 1220. The predicted octanol–water partition coefficient (Wildman–Crippen LogP) is 2.58. The SMILES string of the molecule is O=C1CN(C(=O)OCc2ccccc2)CCN1.O=C1CNCCN1Cc1ccc2c(Cl)ccnc2c1.